The second-order valence-electron chi connectivity index (χ2n) is 4.89. The van der Waals surface area contributed by atoms with E-state index < -0.39 is 0 Å². The van der Waals surface area contributed by atoms with E-state index in [1.165, 1.54) is 0 Å². The minimum absolute atomic E-state index is 0.00361. The second-order valence-corrected chi connectivity index (χ2v) is 5.67. The van der Waals surface area contributed by atoms with Crippen molar-refractivity contribution in [3.63, 3.8) is 0 Å². The first kappa shape index (κ1) is 15.2. The third-order valence-electron chi connectivity index (χ3n) is 2.60. The third kappa shape index (κ3) is 4.82. The van der Waals surface area contributed by atoms with Crippen molar-refractivity contribution >= 4 is 21.8 Å². The molecule has 1 rings (SSSR count). The third-order valence-corrected chi connectivity index (χ3v) is 3.02. The zero-order valence-corrected chi connectivity index (χ0v) is 12.9. The minimum Gasteiger partial charge on any atom is -0.453 e. The van der Waals surface area contributed by atoms with Crippen LogP contribution in [0.2, 0.25) is 0 Å². The molecule has 0 bridgehead atoms. The highest BCUT2D eigenvalue weighted by molar-refractivity contribution is 9.10. The van der Waals surface area contributed by atoms with Crippen molar-refractivity contribution in [3.8, 4) is 0 Å². The maximum atomic E-state index is 11.8. The molecule has 1 amide bonds. The summed E-state index contributed by atoms with van der Waals surface area (Å²) in [5.41, 5.74) is 0. The summed E-state index contributed by atoms with van der Waals surface area (Å²) in [6, 6.07) is 3.48. The van der Waals surface area contributed by atoms with Crippen LogP contribution in [0.5, 0.6) is 0 Å². The largest absolute Gasteiger partial charge is 0.453 e. The second kappa shape index (κ2) is 6.95. The Bertz CT molecular complexity index is 390. The first-order chi connectivity index (χ1) is 8.40. The quantitative estimate of drug-likeness (QED) is 0.848. The lowest BCUT2D eigenvalue weighted by Gasteiger charge is -2.18. The molecule has 2 N–H and O–H groups in total. The molecular formula is C13H21BrN2O2. The average Bonchev–Trinajstić information content (AvgIpc) is 2.72. The van der Waals surface area contributed by atoms with Gasteiger partial charge in [-0.05, 0) is 47.8 Å². The van der Waals surface area contributed by atoms with Crippen LogP contribution in [-0.4, -0.2) is 18.5 Å². The highest BCUT2D eigenvalue weighted by atomic mass is 79.9. The SMILES string of the molecule is CC(C)CNC(=O)C(C)NC(C)c1ccc(Br)o1. The van der Waals surface area contributed by atoms with E-state index in [4.69, 9.17) is 4.42 Å². The average molecular weight is 317 g/mol. The van der Waals surface area contributed by atoms with Crippen LogP contribution in [-0.2, 0) is 4.79 Å². The maximum absolute atomic E-state index is 11.8. The molecule has 0 aromatic carbocycles. The number of amides is 1. The molecule has 0 aliphatic heterocycles. The standard InChI is InChI=1S/C13H21BrN2O2/c1-8(2)7-15-13(17)10(4)16-9(3)11-5-6-12(14)18-11/h5-6,8-10,16H,7H2,1-4H3,(H,15,17). The van der Waals surface area contributed by atoms with Gasteiger partial charge in [0.15, 0.2) is 4.67 Å². The molecule has 5 heteroatoms. The molecule has 18 heavy (non-hydrogen) atoms. The number of furan rings is 1. The van der Waals surface area contributed by atoms with Gasteiger partial charge >= 0.3 is 0 Å². The van der Waals surface area contributed by atoms with E-state index >= 15 is 0 Å². The fourth-order valence-electron chi connectivity index (χ4n) is 1.55. The Kier molecular flexibility index (Phi) is 5.88. The van der Waals surface area contributed by atoms with Crippen molar-refractivity contribution in [1.29, 1.82) is 0 Å². The van der Waals surface area contributed by atoms with Crippen LogP contribution in [0.1, 0.15) is 39.5 Å². The smallest absolute Gasteiger partial charge is 0.236 e. The molecule has 2 unspecified atom stereocenters. The Morgan fingerprint density at radius 3 is 2.50 bits per heavy atom. The monoisotopic (exact) mass is 316 g/mol. The van der Waals surface area contributed by atoms with Crippen LogP contribution in [0.25, 0.3) is 0 Å². The summed E-state index contributed by atoms with van der Waals surface area (Å²) >= 11 is 3.26. The normalized spacial score (nSPS) is 14.6. The predicted molar refractivity (Wildman–Crippen MR) is 75.3 cm³/mol. The molecule has 0 saturated carbocycles. The van der Waals surface area contributed by atoms with Crippen molar-refractivity contribution in [2.75, 3.05) is 6.54 Å². The lowest BCUT2D eigenvalue weighted by Crippen LogP contribution is -2.44. The number of hydrogen-bond acceptors (Lipinski definition) is 3. The van der Waals surface area contributed by atoms with Crippen LogP contribution < -0.4 is 10.6 Å². The van der Waals surface area contributed by atoms with E-state index in [0.717, 1.165) is 5.76 Å². The zero-order valence-electron chi connectivity index (χ0n) is 11.3. The Balaban J connectivity index is 2.43. The van der Waals surface area contributed by atoms with Crippen molar-refractivity contribution in [1.82, 2.24) is 10.6 Å². The molecule has 0 fully saturated rings. The van der Waals surface area contributed by atoms with Gasteiger partial charge in [0.25, 0.3) is 0 Å². The van der Waals surface area contributed by atoms with E-state index in [1.54, 1.807) is 0 Å². The van der Waals surface area contributed by atoms with Gasteiger partial charge in [-0.15, -0.1) is 0 Å². The van der Waals surface area contributed by atoms with Gasteiger partial charge in [-0.1, -0.05) is 13.8 Å². The molecule has 2 atom stereocenters. The van der Waals surface area contributed by atoms with Crippen molar-refractivity contribution in [2.45, 2.75) is 39.8 Å². The summed E-state index contributed by atoms with van der Waals surface area (Å²) in [5.74, 6) is 1.28. The first-order valence-electron chi connectivity index (χ1n) is 6.19. The Morgan fingerprint density at radius 2 is 2.00 bits per heavy atom. The van der Waals surface area contributed by atoms with Crippen molar-refractivity contribution in [2.24, 2.45) is 5.92 Å². The van der Waals surface area contributed by atoms with Gasteiger partial charge < -0.3 is 9.73 Å². The number of halogens is 1. The summed E-state index contributed by atoms with van der Waals surface area (Å²) < 4.78 is 6.14. The van der Waals surface area contributed by atoms with Crippen LogP contribution in [0.15, 0.2) is 21.2 Å². The van der Waals surface area contributed by atoms with E-state index in [2.05, 4.69) is 40.4 Å². The van der Waals surface area contributed by atoms with Crippen LogP contribution in [0.3, 0.4) is 0 Å². The lowest BCUT2D eigenvalue weighted by atomic mass is 10.2. The highest BCUT2D eigenvalue weighted by Crippen LogP contribution is 2.20. The molecule has 1 heterocycles. The number of carbonyl (C=O) groups excluding carboxylic acids is 1. The molecule has 0 spiro atoms. The molecule has 1 aromatic rings. The fraction of sp³-hybridized carbons (Fsp3) is 0.615. The number of rotatable bonds is 6. The van der Waals surface area contributed by atoms with Gasteiger partial charge in [-0.3, -0.25) is 10.1 Å². The van der Waals surface area contributed by atoms with Crippen molar-refractivity contribution in [3.05, 3.63) is 22.6 Å². The molecule has 0 aliphatic carbocycles. The molecule has 4 nitrogen and oxygen atoms in total. The highest BCUT2D eigenvalue weighted by Gasteiger charge is 2.17. The van der Waals surface area contributed by atoms with Gasteiger partial charge in [-0.2, -0.15) is 0 Å². The van der Waals surface area contributed by atoms with Gasteiger partial charge in [0.05, 0.1) is 12.1 Å². The summed E-state index contributed by atoms with van der Waals surface area (Å²) in [6.45, 7) is 8.66. The van der Waals surface area contributed by atoms with Crippen LogP contribution in [0.4, 0.5) is 0 Å². The summed E-state index contributed by atoms with van der Waals surface area (Å²) in [6.07, 6.45) is 0. The minimum atomic E-state index is -0.248. The van der Waals surface area contributed by atoms with Crippen molar-refractivity contribution < 1.29 is 9.21 Å². The first-order valence-corrected chi connectivity index (χ1v) is 6.98. The van der Waals surface area contributed by atoms with Gasteiger partial charge in [0, 0.05) is 6.54 Å². The maximum Gasteiger partial charge on any atom is 0.236 e. The fourth-order valence-corrected chi connectivity index (χ4v) is 1.87. The topological polar surface area (TPSA) is 54.3 Å². The number of hydrogen-bond donors (Lipinski definition) is 2. The molecule has 1 aromatic heterocycles. The Hall–Kier alpha value is -0.810. The Morgan fingerprint density at radius 1 is 1.33 bits per heavy atom. The number of nitrogens with one attached hydrogen (secondary N) is 2. The predicted octanol–water partition coefficient (Wildman–Crippen LogP) is 2.85. The van der Waals surface area contributed by atoms with Gasteiger partial charge in [-0.25, -0.2) is 0 Å². The number of carbonyl (C=O) groups is 1. The van der Waals surface area contributed by atoms with Crippen LogP contribution >= 0.6 is 15.9 Å². The van der Waals surface area contributed by atoms with Gasteiger partial charge in [0.2, 0.25) is 5.91 Å². The lowest BCUT2D eigenvalue weighted by molar-refractivity contribution is -0.123. The molecule has 0 aliphatic rings. The Labute approximate surface area is 117 Å². The van der Waals surface area contributed by atoms with E-state index in [1.807, 2.05) is 26.0 Å². The molecule has 0 saturated heterocycles. The molecule has 0 radical (unpaired) electrons. The van der Waals surface area contributed by atoms with E-state index in [9.17, 15) is 4.79 Å². The van der Waals surface area contributed by atoms with E-state index in [-0.39, 0.29) is 18.0 Å². The van der Waals surface area contributed by atoms with E-state index in [0.29, 0.717) is 17.1 Å². The summed E-state index contributed by atoms with van der Waals surface area (Å²) in [7, 11) is 0. The van der Waals surface area contributed by atoms with Gasteiger partial charge in [0.1, 0.15) is 5.76 Å². The summed E-state index contributed by atoms with van der Waals surface area (Å²) in [4.78, 5) is 11.8. The van der Waals surface area contributed by atoms with Crippen LogP contribution in [0, 0.1) is 5.92 Å². The molecule has 102 valence electrons. The summed E-state index contributed by atoms with van der Waals surface area (Å²) in [5, 5.41) is 6.11. The molecular weight excluding hydrogens is 296 g/mol. The zero-order chi connectivity index (χ0) is 13.7.